The monoisotopic (exact) mass is 474 g/mol. The summed E-state index contributed by atoms with van der Waals surface area (Å²) in [5, 5.41) is 10.6. The second kappa shape index (κ2) is 8.52. The van der Waals surface area contributed by atoms with Crippen LogP contribution >= 0.6 is 11.6 Å². The van der Waals surface area contributed by atoms with E-state index < -0.39 is 23.9 Å². The Morgan fingerprint density at radius 3 is 2.73 bits per heavy atom. The van der Waals surface area contributed by atoms with Crippen molar-refractivity contribution in [3.63, 3.8) is 0 Å². The Balaban J connectivity index is 1.45. The van der Waals surface area contributed by atoms with Crippen molar-refractivity contribution in [2.75, 3.05) is 11.9 Å². The zero-order valence-electron chi connectivity index (χ0n) is 19.7. The highest BCUT2D eigenvalue weighted by atomic mass is 35.5. The Kier molecular flexibility index (Phi) is 6.03. The minimum atomic E-state index is -0.598. The maximum atomic E-state index is 12.7. The van der Waals surface area contributed by atoms with Gasteiger partial charge in [0.05, 0.1) is 11.2 Å². The molecule has 0 aromatic carbocycles. The average molecular weight is 475 g/mol. The van der Waals surface area contributed by atoms with Crippen molar-refractivity contribution >= 4 is 29.5 Å². The van der Waals surface area contributed by atoms with Crippen molar-refractivity contribution in [2.45, 2.75) is 72.2 Å². The Bertz CT molecular complexity index is 1070. The summed E-state index contributed by atoms with van der Waals surface area (Å²) in [6.07, 6.45) is 4.81. The number of nitrogens with one attached hydrogen (secondary N) is 2. The van der Waals surface area contributed by atoms with Crippen molar-refractivity contribution in [1.82, 2.24) is 25.0 Å². The molecule has 1 fully saturated rings. The van der Waals surface area contributed by atoms with E-state index in [4.69, 9.17) is 16.3 Å². The number of rotatable bonds is 3. The first-order valence-electron chi connectivity index (χ1n) is 11.2. The molecule has 0 spiro atoms. The van der Waals surface area contributed by atoms with E-state index in [0.29, 0.717) is 23.8 Å². The number of urea groups is 1. The van der Waals surface area contributed by atoms with Crippen LogP contribution in [0.2, 0.25) is 5.02 Å². The lowest BCUT2D eigenvalue weighted by molar-refractivity contribution is 0.0212. The summed E-state index contributed by atoms with van der Waals surface area (Å²) < 4.78 is 7.46. The summed E-state index contributed by atoms with van der Waals surface area (Å²) in [7, 11) is 0. The minimum Gasteiger partial charge on any atom is -0.444 e. The standard InChI is InChI=1S/C23H31ClN6O3/c1-22(2,3)33-21(32)29-8-6-7-19(29)28-20(31)27-18-9-14(16(24)12-25-18)15-11-26-30-13-23(4,5)10-17(15)30/h9,11-12,19H,6-8,10,13H2,1-5H3,(H2,25,27,28,31). The fourth-order valence-corrected chi connectivity index (χ4v) is 4.55. The number of pyridine rings is 1. The number of aromatic nitrogens is 3. The molecule has 3 amide bonds. The van der Waals surface area contributed by atoms with Gasteiger partial charge < -0.3 is 10.1 Å². The molecule has 33 heavy (non-hydrogen) atoms. The molecule has 10 heteroatoms. The molecule has 2 N–H and O–H groups in total. The minimum absolute atomic E-state index is 0.139. The van der Waals surface area contributed by atoms with E-state index in [-0.39, 0.29) is 5.41 Å². The highest BCUT2D eigenvalue weighted by molar-refractivity contribution is 6.33. The van der Waals surface area contributed by atoms with Gasteiger partial charge in [0.15, 0.2) is 0 Å². The van der Waals surface area contributed by atoms with Crippen molar-refractivity contribution < 1.29 is 14.3 Å². The summed E-state index contributed by atoms with van der Waals surface area (Å²) in [5.41, 5.74) is 2.39. The number of nitrogens with zero attached hydrogens (tertiary/aromatic N) is 4. The smallest absolute Gasteiger partial charge is 0.411 e. The zero-order valence-corrected chi connectivity index (χ0v) is 20.5. The molecule has 0 bridgehead atoms. The summed E-state index contributed by atoms with van der Waals surface area (Å²) in [5.74, 6) is 0.367. The van der Waals surface area contributed by atoms with Gasteiger partial charge in [-0.05, 0) is 51.5 Å². The van der Waals surface area contributed by atoms with E-state index in [0.717, 1.165) is 36.2 Å². The van der Waals surface area contributed by atoms with Gasteiger partial charge in [0.1, 0.15) is 17.6 Å². The third-order valence-corrected chi connectivity index (χ3v) is 6.04. The number of halogens is 1. The number of fused-ring (bicyclic) bond motifs is 1. The third-order valence-electron chi connectivity index (χ3n) is 5.74. The van der Waals surface area contributed by atoms with Crippen molar-refractivity contribution in [3.8, 4) is 11.1 Å². The first-order valence-corrected chi connectivity index (χ1v) is 11.6. The Morgan fingerprint density at radius 1 is 1.24 bits per heavy atom. The molecule has 0 aliphatic carbocycles. The molecule has 1 unspecified atom stereocenters. The topological polar surface area (TPSA) is 101 Å². The van der Waals surface area contributed by atoms with E-state index >= 15 is 0 Å². The fourth-order valence-electron chi connectivity index (χ4n) is 4.35. The van der Waals surface area contributed by atoms with Gasteiger partial charge in [-0.2, -0.15) is 5.10 Å². The van der Waals surface area contributed by atoms with Crippen LogP contribution in [-0.2, 0) is 17.7 Å². The quantitative estimate of drug-likeness (QED) is 0.673. The molecule has 2 aliphatic rings. The highest BCUT2D eigenvalue weighted by Crippen LogP contribution is 2.39. The number of amides is 3. The molecule has 9 nitrogen and oxygen atoms in total. The molecule has 2 aromatic heterocycles. The van der Waals surface area contributed by atoms with Crippen LogP contribution in [0.15, 0.2) is 18.5 Å². The maximum absolute atomic E-state index is 12.7. The molecule has 1 saturated heterocycles. The predicted molar refractivity (Wildman–Crippen MR) is 126 cm³/mol. The lowest BCUT2D eigenvalue weighted by Crippen LogP contribution is -2.49. The van der Waals surface area contributed by atoms with Crippen LogP contribution in [0, 0.1) is 5.41 Å². The molecule has 4 heterocycles. The lowest BCUT2D eigenvalue weighted by Gasteiger charge is -2.28. The SMILES string of the molecule is CC1(C)Cc2c(-c3cc(NC(=O)NC4CCCN4C(=O)OC(C)(C)C)ncc3Cl)cnn2C1. The molecule has 1 atom stereocenters. The molecular weight excluding hydrogens is 444 g/mol. The average Bonchev–Trinajstić information content (AvgIpc) is 3.36. The van der Waals surface area contributed by atoms with Crippen molar-refractivity contribution in [3.05, 3.63) is 29.2 Å². The third kappa shape index (κ3) is 5.24. The fraction of sp³-hybridized carbons (Fsp3) is 0.565. The first-order chi connectivity index (χ1) is 15.4. The van der Waals surface area contributed by atoms with Crippen LogP contribution in [0.25, 0.3) is 11.1 Å². The van der Waals surface area contributed by atoms with Gasteiger partial charge in [0.2, 0.25) is 0 Å². The van der Waals surface area contributed by atoms with Crippen LogP contribution in [0.5, 0.6) is 0 Å². The predicted octanol–water partition coefficient (Wildman–Crippen LogP) is 4.66. The summed E-state index contributed by atoms with van der Waals surface area (Å²) in [6, 6.07) is 1.31. The van der Waals surface area contributed by atoms with Crippen molar-refractivity contribution in [2.24, 2.45) is 5.41 Å². The highest BCUT2D eigenvalue weighted by Gasteiger charge is 2.34. The van der Waals surface area contributed by atoms with Gasteiger partial charge in [-0.1, -0.05) is 25.4 Å². The number of hydrogen-bond acceptors (Lipinski definition) is 5. The van der Waals surface area contributed by atoms with E-state index in [1.54, 1.807) is 11.0 Å². The molecular formula is C23H31ClN6O3. The van der Waals surface area contributed by atoms with Gasteiger partial charge in [-0.25, -0.2) is 14.6 Å². The van der Waals surface area contributed by atoms with Gasteiger partial charge in [0.25, 0.3) is 0 Å². The molecule has 4 rings (SSSR count). The van der Waals surface area contributed by atoms with Gasteiger partial charge in [-0.15, -0.1) is 0 Å². The van der Waals surface area contributed by atoms with Crippen LogP contribution in [0.4, 0.5) is 15.4 Å². The van der Waals surface area contributed by atoms with Crippen LogP contribution in [-0.4, -0.2) is 50.1 Å². The van der Waals surface area contributed by atoms with Gasteiger partial charge >= 0.3 is 12.1 Å². The summed E-state index contributed by atoms with van der Waals surface area (Å²) >= 11 is 6.46. The second-order valence-electron chi connectivity index (χ2n) is 10.5. The molecule has 2 aliphatic heterocycles. The Hall–Kier alpha value is -2.81. The molecule has 178 valence electrons. The van der Waals surface area contributed by atoms with Crippen LogP contribution in [0.3, 0.4) is 0 Å². The number of ether oxygens (including phenoxy) is 1. The van der Waals surface area contributed by atoms with Crippen molar-refractivity contribution in [1.29, 1.82) is 0 Å². The normalized spacial score (nSPS) is 19.3. The number of anilines is 1. The number of likely N-dealkylation sites (tertiary alicyclic amines) is 1. The molecule has 2 aromatic rings. The van der Waals surface area contributed by atoms with E-state index in [2.05, 4.69) is 34.6 Å². The van der Waals surface area contributed by atoms with Crippen LogP contribution in [0.1, 0.15) is 53.2 Å². The number of carbonyl (C=O) groups excluding carboxylic acids is 2. The van der Waals surface area contributed by atoms with Gasteiger partial charge in [0, 0.05) is 36.1 Å². The van der Waals surface area contributed by atoms with Gasteiger partial charge in [-0.3, -0.25) is 14.9 Å². The lowest BCUT2D eigenvalue weighted by atomic mass is 9.89. The van der Waals surface area contributed by atoms with E-state index in [9.17, 15) is 9.59 Å². The number of hydrogen-bond donors (Lipinski definition) is 2. The summed E-state index contributed by atoms with van der Waals surface area (Å²) in [6.45, 7) is 11.3. The molecule has 0 saturated carbocycles. The first kappa shape index (κ1) is 23.4. The largest absolute Gasteiger partial charge is 0.444 e. The van der Waals surface area contributed by atoms with E-state index in [1.807, 2.05) is 31.6 Å². The Morgan fingerprint density at radius 2 is 2.00 bits per heavy atom. The maximum Gasteiger partial charge on any atom is 0.411 e. The summed E-state index contributed by atoms with van der Waals surface area (Å²) in [4.78, 5) is 30.9. The second-order valence-corrected chi connectivity index (χ2v) is 10.9. The molecule has 0 radical (unpaired) electrons. The Labute approximate surface area is 198 Å². The number of carbonyl (C=O) groups is 2. The van der Waals surface area contributed by atoms with Crippen LogP contribution < -0.4 is 10.6 Å². The van der Waals surface area contributed by atoms with E-state index in [1.165, 1.54) is 6.20 Å². The zero-order chi connectivity index (χ0) is 24.0.